The second-order valence-corrected chi connectivity index (χ2v) is 12.2. The number of hydrogen-bond acceptors (Lipinski definition) is 8. The Kier molecular flexibility index (Phi) is 9.85. The molecule has 2 aromatic rings. The van der Waals surface area contributed by atoms with Crippen LogP contribution in [-0.2, 0) is 32.5 Å². The molecule has 10 heteroatoms. The van der Waals surface area contributed by atoms with Gasteiger partial charge in [0.15, 0.2) is 10.9 Å². The summed E-state index contributed by atoms with van der Waals surface area (Å²) in [4.78, 5) is 25.6. The number of methoxy groups -OCH3 is 1. The molecule has 3 rings (SSSR count). The maximum absolute atomic E-state index is 13.4. The molecule has 1 N–H and O–H groups in total. The van der Waals surface area contributed by atoms with Crippen LogP contribution in [-0.4, -0.2) is 79.8 Å². The van der Waals surface area contributed by atoms with Crippen molar-refractivity contribution in [1.82, 2.24) is 9.21 Å². The van der Waals surface area contributed by atoms with E-state index in [1.807, 2.05) is 32.3 Å². The monoisotopic (exact) mass is 534 g/mol. The number of rotatable bonds is 11. The summed E-state index contributed by atoms with van der Waals surface area (Å²) in [6.45, 7) is 1.12. The van der Waals surface area contributed by atoms with Crippen LogP contribution in [0.3, 0.4) is 0 Å². The first-order valence-electron chi connectivity index (χ1n) is 11.7. The SMILES string of the molecule is COC1CC(N(C)C)Cc2cc(CN(CCO)S(=O)(=O)c3ccc(C(=O)CSC(C)=O)cc3)ccc21. The first-order valence-corrected chi connectivity index (χ1v) is 14.2. The second kappa shape index (κ2) is 12.4. The number of ether oxygens (including phenoxy) is 1. The molecule has 1 aliphatic carbocycles. The Hall–Kier alpha value is -2.08. The van der Waals surface area contributed by atoms with E-state index in [4.69, 9.17) is 4.74 Å². The molecule has 2 aromatic carbocycles. The van der Waals surface area contributed by atoms with Gasteiger partial charge in [-0.25, -0.2) is 8.42 Å². The third-order valence-corrected chi connectivity index (χ3v) is 9.11. The summed E-state index contributed by atoms with van der Waals surface area (Å²) in [5, 5.41) is 9.44. The molecule has 2 unspecified atom stereocenters. The maximum atomic E-state index is 13.4. The summed E-state index contributed by atoms with van der Waals surface area (Å²) in [7, 11) is 1.87. The molecule has 36 heavy (non-hydrogen) atoms. The first kappa shape index (κ1) is 28.5. The highest BCUT2D eigenvalue weighted by molar-refractivity contribution is 8.14. The molecular formula is C26H34N2O6S2. The Balaban J connectivity index is 1.82. The molecule has 0 bridgehead atoms. The zero-order valence-corrected chi connectivity index (χ0v) is 22.8. The minimum absolute atomic E-state index is 0.00893. The zero-order valence-electron chi connectivity index (χ0n) is 21.1. The van der Waals surface area contributed by atoms with Gasteiger partial charge in [-0.3, -0.25) is 9.59 Å². The predicted octanol–water partition coefficient (Wildman–Crippen LogP) is 2.90. The van der Waals surface area contributed by atoms with E-state index in [0.29, 0.717) is 11.6 Å². The van der Waals surface area contributed by atoms with Crippen LogP contribution in [0.2, 0.25) is 0 Å². The van der Waals surface area contributed by atoms with Crippen LogP contribution in [0.25, 0.3) is 0 Å². The van der Waals surface area contributed by atoms with Gasteiger partial charge in [-0.2, -0.15) is 4.31 Å². The molecule has 0 saturated heterocycles. The molecule has 1 aliphatic rings. The molecule has 0 aliphatic heterocycles. The van der Waals surface area contributed by atoms with Crippen molar-refractivity contribution in [2.24, 2.45) is 0 Å². The third kappa shape index (κ3) is 6.81. The zero-order chi connectivity index (χ0) is 26.5. The summed E-state index contributed by atoms with van der Waals surface area (Å²) in [5.41, 5.74) is 3.43. The largest absolute Gasteiger partial charge is 0.395 e. The highest BCUT2D eigenvalue weighted by Gasteiger charge is 2.29. The Morgan fingerprint density at radius 1 is 1.14 bits per heavy atom. The molecule has 0 aromatic heterocycles. The van der Waals surface area contributed by atoms with Crippen LogP contribution >= 0.6 is 11.8 Å². The van der Waals surface area contributed by atoms with Crippen molar-refractivity contribution in [3.8, 4) is 0 Å². The van der Waals surface area contributed by atoms with E-state index < -0.39 is 10.0 Å². The fraction of sp³-hybridized carbons (Fsp3) is 0.462. The number of thioether (sulfide) groups is 1. The lowest BCUT2D eigenvalue weighted by atomic mass is 9.84. The molecule has 0 fully saturated rings. The third-order valence-electron chi connectivity index (χ3n) is 6.44. The summed E-state index contributed by atoms with van der Waals surface area (Å²) < 4.78 is 33.8. The average molecular weight is 535 g/mol. The molecule has 2 atom stereocenters. The normalized spacial score (nSPS) is 17.9. The Morgan fingerprint density at radius 2 is 1.83 bits per heavy atom. The number of aliphatic hydroxyl groups excluding tert-OH is 1. The summed E-state index contributed by atoms with van der Waals surface area (Å²) in [6.07, 6.45) is 1.73. The Labute approximate surface area is 217 Å². The first-order chi connectivity index (χ1) is 17.1. The Bertz CT molecular complexity index is 1180. The molecule has 0 heterocycles. The number of sulfonamides is 1. The van der Waals surface area contributed by atoms with Crippen molar-refractivity contribution < 1.29 is 27.9 Å². The standard InChI is InChI=1S/C26H34N2O6S2/c1-18(30)35-17-25(31)20-6-8-23(9-7-20)36(32,33)28(11-12-29)16-19-5-10-24-21(13-19)14-22(27(2)3)15-26(24)34-4/h5-10,13,22,26,29H,11-12,14-17H2,1-4H3. The van der Waals surface area contributed by atoms with Gasteiger partial charge in [0, 0.05) is 38.7 Å². The molecule has 0 amide bonds. The predicted molar refractivity (Wildman–Crippen MR) is 141 cm³/mol. The van der Waals surface area contributed by atoms with Crippen molar-refractivity contribution in [3.05, 3.63) is 64.7 Å². The van der Waals surface area contributed by atoms with Gasteiger partial charge in [0.2, 0.25) is 10.0 Å². The average Bonchev–Trinajstić information content (AvgIpc) is 2.86. The van der Waals surface area contributed by atoms with Gasteiger partial charge >= 0.3 is 0 Å². The van der Waals surface area contributed by atoms with Crippen molar-refractivity contribution >= 4 is 32.7 Å². The number of ketones is 1. The van der Waals surface area contributed by atoms with Gasteiger partial charge < -0.3 is 14.7 Å². The van der Waals surface area contributed by atoms with Crippen LogP contribution in [0.15, 0.2) is 47.4 Å². The molecule has 196 valence electrons. The van der Waals surface area contributed by atoms with Gasteiger partial charge in [0.1, 0.15) is 0 Å². The lowest BCUT2D eigenvalue weighted by molar-refractivity contribution is -0.109. The molecule has 0 saturated carbocycles. The summed E-state index contributed by atoms with van der Waals surface area (Å²) in [6, 6.07) is 12.0. The van der Waals surface area contributed by atoms with E-state index in [1.165, 1.54) is 35.5 Å². The van der Waals surface area contributed by atoms with Gasteiger partial charge in [-0.1, -0.05) is 42.1 Å². The van der Waals surface area contributed by atoms with E-state index in [-0.39, 0.29) is 47.3 Å². The smallest absolute Gasteiger partial charge is 0.243 e. The van der Waals surface area contributed by atoms with Crippen LogP contribution < -0.4 is 0 Å². The second-order valence-electron chi connectivity index (χ2n) is 9.10. The van der Waals surface area contributed by atoms with Gasteiger partial charge in [0.25, 0.3) is 0 Å². The number of fused-ring (bicyclic) bond motifs is 1. The van der Waals surface area contributed by atoms with Gasteiger partial charge in [-0.15, -0.1) is 0 Å². The van der Waals surface area contributed by atoms with Crippen LogP contribution in [0.4, 0.5) is 0 Å². The van der Waals surface area contributed by atoms with Crippen molar-refractivity contribution in [1.29, 1.82) is 0 Å². The number of likely N-dealkylation sites (N-methyl/N-ethyl adjacent to an activating group) is 1. The van der Waals surface area contributed by atoms with E-state index in [2.05, 4.69) is 4.90 Å². The van der Waals surface area contributed by atoms with Gasteiger partial charge in [0.05, 0.1) is 23.4 Å². The van der Waals surface area contributed by atoms with Crippen molar-refractivity contribution in [2.45, 2.75) is 43.4 Å². The van der Waals surface area contributed by atoms with Crippen LogP contribution in [0.1, 0.15) is 46.5 Å². The fourth-order valence-electron chi connectivity index (χ4n) is 4.39. The van der Waals surface area contributed by atoms with E-state index in [0.717, 1.165) is 41.3 Å². The molecule has 8 nitrogen and oxygen atoms in total. The molecular weight excluding hydrogens is 500 g/mol. The van der Waals surface area contributed by atoms with Crippen molar-refractivity contribution in [3.63, 3.8) is 0 Å². The summed E-state index contributed by atoms with van der Waals surface area (Å²) in [5.74, 6) is -0.236. The number of aliphatic hydroxyl groups is 1. The number of hydrogen-bond donors (Lipinski definition) is 1. The van der Waals surface area contributed by atoms with Gasteiger partial charge in [-0.05, 0) is 55.8 Å². The Morgan fingerprint density at radius 3 is 2.42 bits per heavy atom. The number of Topliss-reactive ketones (excluding diaryl/α,β-unsaturated/α-hetero) is 1. The lowest BCUT2D eigenvalue weighted by Gasteiger charge is -2.35. The summed E-state index contributed by atoms with van der Waals surface area (Å²) >= 11 is 0.916. The highest BCUT2D eigenvalue weighted by atomic mass is 32.2. The minimum Gasteiger partial charge on any atom is -0.395 e. The minimum atomic E-state index is -3.92. The quantitative estimate of drug-likeness (QED) is 0.439. The van der Waals surface area contributed by atoms with E-state index in [1.54, 1.807) is 7.11 Å². The fourth-order valence-corrected chi connectivity index (χ4v) is 6.31. The number of carbonyl (C=O) groups is 2. The van der Waals surface area contributed by atoms with E-state index >= 15 is 0 Å². The molecule has 0 spiro atoms. The number of carbonyl (C=O) groups excluding carboxylic acids is 2. The van der Waals surface area contributed by atoms with Crippen molar-refractivity contribution in [2.75, 3.05) is 40.1 Å². The number of nitrogens with zero attached hydrogens (tertiary/aromatic N) is 2. The van der Waals surface area contributed by atoms with Crippen LogP contribution in [0, 0.1) is 0 Å². The molecule has 0 radical (unpaired) electrons. The highest BCUT2D eigenvalue weighted by Crippen LogP contribution is 2.34. The topological polar surface area (TPSA) is 104 Å². The number of benzene rings is 2. The lowest BCUT2D eigenvalue weighted by Crippen LogP contribution is -2.36. The van der Waals surface area contributed by atoms with Crippen LogP contribution in [0.5, 0.6) is 0 Å². The maximum Gasteiger partial charge on any atom is 0.243 e. The van der Waals surface area contributed by atoms with E-state index in [9.17, 15) is 23.1 Å².